The smallest absolute Gasteiger partial charge is 0.343 e. The van der Waals surface area contributed by atoms with Crippen LogP contribution in [-0.4, -0.2) is 31.3 Å². The van der Waals surface area contributed by atoms with Crippen molar-refractivity contribution >= 4 is 34.0 Å². The third kappa shape index (κ3) is 6.66. The number of ether oxygens (including phenoxy) is 3. The number of hydrogen-bond acceptors (Lipinski definition) is 6. The molecule has 0 aliphatic carbocycles. The van der Waals surface area contributed by atoms with Crippen molar-refractivity contribution in [2.45, 2.75) is 13.8 Å². The van der Waals surface area contributed by atoms with Crippen LogP contribution < -0.4 is 19.6 Å². The van der Waals surface area contributed by atoms with Gasteiger partial charge < -0.3 is 14.2 Å². The van der Waals surface area contributed by atoms with Crippen molar-refractivity contribution < 1.29 is 23.8 Å². The van der Waals surface area contributed by atoms with E-state index in [0.717, 1.165) is 0 Å². The van der Waals surface area contributed by atoms with Crippen molar-refractivity contribution in [2.75, 3.05) is 13.2 Å². The van der Waals surface area contributed by atoms with Crippen molar-refractivity contribution in [1.82, 2.24) is 5.43 Å². The van der Waals surface area contributed by atoms with Gasteiger partial charge in [-0.1, -0.05) is 12.1 Å². The van der Waals surface area contributed by atoms with E-state index >= 15 is 0 Å². The normalized spacial score (nSPS) is 10.6. The predicted molar refractivity (Wildman–Crippen MR) is 129 cm³/mol. The Hall–Kier alpha value is -3.65. The molecule has 0 heterocycles. The summed E-state index contributed by atoms with van der Waals surface area (Å²) in [7, 11) is 0. The first-order valence-corrected chi connectivity index (χ1v) is 11.1. The summed E-state index contributed by atoms with van der Waals surface area (Å²) in [4.78, 5) is 24.8. The van der Waals surface area contributed by atoms with E-state index in [1.165, 1.54) is 6.21 Å². The number of nitrogens with one attached hydrogen (secondary N) is 1. The van der Waals surface area contributed by atoms with Crippen LogP contribution in [0.25, 0.3) is 0 Å². The Morgan fingerprint density at radius 3 is 2.36 bits per heavy atom. The number of halogens is 1. The largest absolute Gasteiger partial charge is 0.494 e. The molecule has 3 rings (SSSR count). The molecule has 0 radical (unpaired) electrons. The van der Waals surface area contributed by atoms with Crippen molar-refractivity contribution in [3.8, 4) is 17.2 Å². The van der Waals surface area contributed by atoms with Gasteiger partial charge in [-0.05, 0) is 89.9 Å². The van der Waals surface area contributed by atoms with E-state index in [4.69, 9.17) is 14.2 Å². The minimum Gasteiger partial charge on any atom is -0.494 e. The summed E-state index contributed by atoms with van der Waals surface area (Å²) in [6.07, 6.45) is 1.48. The second-order valence-electron chi connectivity index (χ2n) is 6.67. The Kier molecular flexibility index (Phi) is 8.60. The van der Waals surface area contributed by atoms with Gasteiger partial charge in [0.1, 0.15) is 5.75 Å². The Labute approximate surface area is 200 Å². The van der Waals surface area contributed by atoms with E-state index < -0.39 is 5.97 Å². The van der Waals surface area contributed by atoms with E-state index in [0.29, 0.717) is 45.9 Å². The van der Waals surface area contributed by atoms with Crippen LogP contribution in [0.1, 0.15) is 40.1 Å². The Bertz CT molecular complexity index is 1150. The molecule has 8 heteroatoms. The van der Waals surface area contributed by atoms with Gasteiger partial charge in [0.2, 0.25) is 0 Å². The molecule has 0 spiro atoms. The quantitative estimate of drug-likeness (QED) is 0.184. The maximum Gasteiger partial charge on any atom is 0.343 e. The van der Waals surface area contributed by atoms with Gasteiger partial charge in [0.15, 0.2) is 11.5 Å². The second kappa shape index (κ2) is 11.8. The van der Waals surface area contributed by atoms with E-state index in [1.54, 1.807) is 60.7 Å². The number of hydrogen-bond donors (Lipinski definition) is 1. The number of nitrogens with zero attached hydrogens (tertiary/aromatic N) is 1. The summed E-state index contributed by atoms with van der Waals surface area (Å²) in [6, 6.07) is 18.8. The Balaban J connectivity index is 1.69. The van der Waals surface area contributed by atoms with E-state index in [9.17, 15) is 9.59 Å². The van der Waals surface area contributed by atoms with Gasteiger partial charge in [0.25, 0.3) is 5.91 Å². The molecule has 0 aliphatic rings. The number of rotatable bonds is 9. The SMILES string of the molecule is CCOc1ccc(C(=O)Oc2ccc(/C=N/NC(=O)c3ccccc3Br)cc2OCC)cc1. The topological polar surface area (TPSA) is 86.2 Å². The van der Waals surface area contributed by atoms with Crippen LogP contribution >= 0.6 is 15.9 Å². The molecule has 3 aromatic rings. The highest BCUT2D eigenvalue weighted by Gasteiger charge is 2.14. The fraction of sp³-hybridized carbons (Fsp3) is 0.160. The van der Waals surface area contributed by atoms with Gasteiger partial charge in [-0.25, -0.2) is 10.2 Å². The summed E-state index contributed by atoms with van der Waals surface area (Å²) >= 11 is 3.34. The highest BCUT2D eigenvalue weighted by molar-refractivity contribution is 9.10. The van der Waals surface area contributed by atoms with Crippen molar-refractivity contribution in [3.05, 3.63) is 87.9 Å². The number of amides is 1. The van der Waals surface area contributed by atoms with Crippen LogP contribution in [0.4, 0.5) is 0 Å². The highest BCUT2D eigenvalue weighted by Crippen LogP contribution is 2.29. The van der Waals surface area contributed by atoms with Crippen molar-refractivity contribution in [3.63, 3.8) is 0 Å². The third-order valence-electron chi connectivity index (χ3n) is 4.37. The molecule has 1 amide bonds. The van der Waals surface area contributed by atoms with Crippen molar-refractivity contribution in [2.24, 2.45) is 5.10 Å². The number of carbonyl (C=O) groups excluding carboxylic acids is 2. The van der Waals surface area contributed by atoms with Gasteiger partial charge in [-0.2, -0.15) is 5.10 Å². The van der Waals surface area contributed by atoms with Gasteiger partial charge in [-0.3, -0.25) is 4.79 Å². The fourth-order valence-corrected chi connectivity index (χ4v) is 3.31. The molecule has 33 heavy (non-hydrogen) atoms. The number of benzene rings is 3. The van der Waals surface area contributed by atoms with E-state index in [1.807, 2.05) is 19.9 Å². The zero-order valence-electron chi connectivity index (χ0n) is 18.2. The first kappa shape index (κ1) is 24.0. The minimum absolute atomic E-state index is 0.283. The fourth-order valence-electron chi connectivity index (χ4n) is 2.84. The van der Waals surface area contributed by atoms with Crippen LogP contribution in [0.15, 0.2) is 76.3 Å². The molecule has 3 aromatic carbocycles. The minimum atomic E-state index is -0.513. The first-order valence-electron chi connectivity index (χ1n) is 10.3. The lowest BCUT2D eigenvalue weighted by molar-refractivity contribution is 0.0728. The summed E-state index contributed by atoms with van der Waals surface area (Å²) < 4.78 is 17.2. The predicted octanol–water partition coefficient (Wildman–Crippen LogP) is 5.23. The van der Waals surface area contributed by atoms with Crippen LogP contribution in [0, 0.1) is 0 Å². The summed E-state index contributed by atoms with van der Waals surface area (Å²) in [5, 5.41) is 4.00. The van der Waals surface area contributed by atoms with Gasteiger partial charge in [0, 0.05) is 4.47 Å². The van der Waals surface area contributed by atoms with E-state index in [-0.39, 0.29) is 11.7 Å². The van der Waals surface area contributed by atoms with Crippen LogP contribution in [-0.2, 0) is 0 Å². The van der Waals surface area contributed by atoms with Crippen LogP contribution in [0.3, 0.4) is 0 Å². The second-order valence-corrected chi connectivity index (χ2v) is 7.52. The Morgan fingerprint density at radius 1 is 0.939 bits per heavy atom. The first-order chi connectivity index (χ1) is 16.0. The molecule has 7 nitrogen and oxygen atoms in total. The molecule has 0 saturated carbocycles. The summed E-state index contributed by atoms with van der Waals surface area (Å²) in [6.45, 7) is 4.65. The summed E-state index contributed by atoms with van der Waals surface area (Å²) in [5.74, 6) is 0.494. The zero-order chi connectivity index (χ0) is 23.6. The molecule has 1 N–H and O–H groups in total. The van der Waals surface area contributed by atoms with Gasteiger partial charge >= 0.3 is 5.97 Å². The van der Waals surface area contributed by atoms with Crippen LogP contribution in [0.5, 0.6) is 17.2 Å². The lowest BCUT2D eigenvalue weighted by atomic mass is 10.2. The molecule has 0 saturated heterocycles. The highest BCUT2D eigenvalue weighted by atomic mass is 79.9. The average molecular weight is 511 g/mol. The molecular weight excluding hydrogens is 488 g/mol. The van der Waals surface area contributed by atoms with Gasteiger partial charge in [0.05, 0.1) is 30.6 Å². The zero-order valence-corrected chi connectivity index (χ0v) is 19.8. The monoisotopic (exact) mass is 510 g/mol. The Morgan fingerprint density at radius 2 is 1.67 bits per heavy atom. The number of esters is 1. The lowest BCUT2D eigenvalue weighted by Gasteiger charge is -2.11. The molecular formula is C25H23BrN2O5. The molecule has 0 aliphatic heterocycles. The maximum absolute atomic E-state index is 12.5. The number of carbonyl (C=O) groups is 2. The third-order valence-corrected chi connectivity index (χ3v) is 5.06. The maximum atomic E-state index is 12.5. The molecule has 0 atom stereocenters. The van der Waals surface area contributed by atoms with E-state index in [2.05, 4.69) is 26.5 Å². The molecule has 0 fully saturated rings. The summed E-state index contributed by atoms with van der Waals surface area (Å²) in [5.41, 5.74) is 4.01. The molecule has 0 bridgehead atoms. The van der Waals surface area contributed by atoms with Crippen LogP contribution in [0.2, 0.25) is 0 Å². The lowest BCUT2D eigenvalue weighted by Crippen LogP contribution is -2.18. The van der Waals surface area contributed by atoms with Gasteiger partial charge in [-0.15, -0.1) is 0 Å². The molecule has 0 aromatic heterocycles. The molecule has 170 valence electrons. The van der Waals surface area contributed by atoms with Crippen molar-refractivity contribution in [1.29, 1.82) is 0 Å². The standard InChI is InChI=1S/C25H23BrN2O5/c1-3-31-19-12-10-18(11-13-19)25(30)33-22-14-9-17(15-23(22)32-4-2)16-27-28-24(29)20-7-5-6-8-21(20)26/h5-16H,3-4H2,1-2H3,(H,28,29)/b27-16+. The molecule has 0 unspecified atom stereocenters. The average Bonchev–Trinajstić information content (AvgIpc) is 2.81. The number of hydrazone groups is 1.